The van der Waals surface area contributed by atoms with E-state index in [0.29, 0.717) is 11.5 Å². The van der Waals surface area contributed by atoms with Gasteiger partial charge in [-0.2, -0.15) is 36.4 Å². The van der Waals surface area contributed by atoms with E-state index in [1.54, 1.807) is 0 Å². The van der Waals surface area contributed by atoms with Crippen LogP contribution < -0.4 is 68.8 Å². The number of unbranched alkanes of at least 4 members (excludes halogenated alkanes) is 5. The number of anilines is 1. The van der Waals surface area contributed by atoms with Crippen molar-refractivity contribution in [2.24, 2.45) is 0 Å². The van der Waals surface area contributed by atoms with Gasteiger partial charge in [0.05, 0.1) is 0 Å². The molecular weight excluding hydrogens is 953 g/mol. The summed E-state index contributed by atoms with van der Waals surface area (Å²) < 4.78 is 59.9. The number of aryl methyl sites for hydroxylation is 1. The number of benzene rings is 3. The molecule has 6 rings (SSSR count). The zero-order valence-corrected chi connectivity index (χ0v) is 47.6. The standard InChI is InChI=1S/C52H62N3O5.2Na.2O3S/c1-8-9-10-18-34-54-46-31-28-38(2)36-44(46)52(6,7)48(54)33-30-41-22-20-21-40(50(41)59-42-23-13-11-14-24-42)29-32-47-51(4,5)43-25-16-17-26-45(43)53(47)35-19-12-15-27-49(58)60-55(37-56)39(3)57;;;2*1-4(2)3/h13-14,17,23-26,28-33,36-37H,8-10,12,15,18-22,27,34-35H2,1-7H3;;;;/q-1;2*+1;;. The molecule has 1 aliphatic carbocycles. The first-order chi connectivity index (χ1) is 32.3. The summed E-state index contributed by atoms with van der Waals surface area (Å²) in [5.41, 5.74) is 10.9. The number of hydrogen-bond donors (Lipinski definition) is 0. The molecule has 14 nitrogen and oxygen atoms in total. The summed E-state index contributed by atoms with van der Waals surface area (Å²) in [4.78, 5) is 42.3. The van der Waals surface area contributed by atoms with Crippen LogP contribution in [0.25, 0.3) is 0 Å². The van der Waals surface area contributed by atoms with E-state index in [9.17, 15) is 14.4 Å². The second kappa shape index (κ2) is 29.9. The number of ether oxygens (including phenoxy) is 1. The van der Waals surface area contributed by atoms with Crippen molar-refractivity contribution in [3.63, 3.8) is 0 Å². The molecule has 0 aromatic heterocycles. The number of carbonyl (C=O) groups is 3. The van der Waals surface area contributed by atoms with E-state index in [1.807, 2.05) is 30.3 Å². The van der Waals surface area contributed by atoms with Crippen molar-refractivity contribution < 1.29 is 113 Å². The Bertz CT molecular complexity index is 2660. The molecule has 0 spiro atoms. The van der Waals surface area contributed by atoms with Gasteiger partial charge < -0.3 is 14.5 Å². The molecule has 0 radical (unpaired) electrons. The van der Waals surface area contributed by atoms with Crippen molar-refractivity contribution in [2.75, 3.05) is 18.0 Å². The summed E-state index contributed by atoms with van der Waals surface area (Å²) in [5.74, 6) is 0.471. The number of rotatable bonds is 17. The molecule has 0 unspecified atom stereocenters. The zero-order chi connectivity index (χ0) is 50.0. The van der Waals surface area contributed by atoms with Crippen LogP contribution in [0.1, 0.15) is 129 Å². The van der Waals surface area contributed by atoms with Gasteiger partial charge in [-0.1, -0.05) is 83.2 Å². The van der Waals surface area contributed by atoms with Crippen LogP contribution in [0.3, 0.4) is 0 Å². The van der Waals surface area contributed by atoms with E-state index in [1.165, 1.54) is 71.1 Å². The molecule has 70 heavy (non-hydrogen) atoms. The molecule has 0 atom stereocenters. The predicted octanol–water partition coefficient (Wildman–Crippen LogP) is 3.26. The Kier molecular flexibility index (Phi) is 26.5. The maximum atomic E-state index is 12.3. The third-order valence-electron chi connectivity index (χ3n) is 12.2. The number of imide groups is 1. The molecule has 3 aromatic rings. The van der Waals surface area contributed by atoms with E-state index in [-0.39, 0.29) is 82.8 Å². The van der Waals surface area contributed by atoms with Gasteiger partial charge in [0, 0.05) is 60.4 Å². The first kappa shape index (κ1) is 61.9. The van der Waals surface area contributed by atoms with Crippen molar-refractivity contribution in [1.29, 1.82) is 0 Å². The molecule has 0 bridgehead atoms. The van der Waals surface area contributed by atoms with Crippen LogP contribution in [-0.4, -0.2) is 72.0 Å². The molecule has 0 fully saturated rings. The fourth-order valence-corrected chi connectivity index (χ4v) is 8.83. The molecule has 18 heteroatoms. The smallest absolute Gasteiger partial charge is 0.482 e. The summed E-state index contributed by atoms with van der Waals surface area (Å²) in [6, 6.07) is 27.3. The maximum Gasteiger partial charge on any atom is 1.00 e. The van der Waals surface area contributed by atoms with Gasteiger partial charge in [0.15, 0.2) is 5.71 Å². The van der Waals surface area contributed by atoms with Gasteiger partial charge in [-0.25, -0.2) is 9.37 Å². The zero-order valence-electron chi connectivity index (χ0n) is 42.0. The third-order valence-corrected chi connectivity index (χ3v) is 12.2. The predicted molar refractivity (Wildman–Crippen MR) is 258 cm³/mol. The minimum atomic E-state index is -3.11. The molecule has 3 aromatic carbocycles. The van der Waals surface area contributed by atoms with Gasteiger partial charge in [-0.15, -0.1) is 48.5 Å². The van der Waals surface area contributed by atoms with E-state index in [2.05, 4.69) is 118 Å². The minimum Gasteiger partial charge on any atom is -0.482 e. The van der Waals surface area contributed by atoms with E-state index < -0.39 is 33.1 Å². The van der Waals surface area contributed by atoms with Gasteiger partial charge in [0.1, 0.15) is 18.0 Å². The van der Waals surface area contributed by atoms with Crippen molar-refractivity contribution in [3.05, 3.63) is 136 Å². The largest absolute Gasteiger partial charge is 1.00 e. The van der Waals surface area contributed by atoms with Crippen molar-refractivity contribution >= 4 is 56.6 Å². The Morgan fingerprint density at radius 3 is 2.11 bits per heavy atom. The average molecular weight is 1020 g/mol. The number of hydroxylamine groups is 2. The minimum absolute atomic E-state index is 0. The fourth-order valence-electron chi connectivity index (χ4n) is 8.83. The van der Waals surface area contributed by atoms with Gasteiger partial charge >= 0.3 is 86.3 Å². The van der Waals surface area contributed by atoms with Crippen LogP contribution in [0.2, 0.25) is 0 Å². The normalized spacial score (nSPS) is 16.1. The number of nitrogens with zero attached hydrogens (tertiary/aromatic N) is 3. The second-order valence-corrected chi connectivity index (χ2v) is 18.5. The van der Waals surface area contributed by atoms with Crippen LogP contribution in [0, 0.1) is 19.1 Å². The molecule has 0 saturated heterocycles. The summed E-state index contributed by atoms with van der Waals surface area (Å²) >= 11 is 0. The molecule has 364 valence electrons. The third kappa shape index (κ3) is 17.5. The molecule has 2 amide bonds. The topological polar surface area (TPSA) is 182 Å². The Labute approximate surface area is 460 Å². The Morgan fingerprint density at radius 1 is 0.814 bits per heavy atom. The van der Waals surface area contributed by atoms with Crippen LogP contribution in [-0.2, 0) is 51.3 Å². The number of hydrogen-bond acceptors (Lipinski definition) is 12. The van der Waals surface area contributed by atoms with Crippen LogP contribution >= 0.6 is 0 Å². The number of fused-ring (bicyclic) bond motifs is 2. The van der Waals surface area contributed by atoms with E-state index in [0.717, 1.165) is 68.8 Å². The number of allylic oxidation sites excluding steroid dienone is 7. The molecular formula is C52H62N3Na2O11S2+. The average Bonchev–Trinajstić information content (AvgIpc) is 3.63. The molecule has 3 aliphatic rings. The number of amides is 2. The summed E-state index contributed by atoms with van der Waals surface area (Å²) in [7, 11) is -6.22. The number of carbonyl (C=O) groups excluding carboxylic acids is 3. The fraction of sp³-hybridized carbons (Fsp3) is 0.423. The molecule has 2 heterocycles. The Morgan fingerprint density at radius 2 is 1.47 bits per heavy atom. The first-order valence-corrected chi connectivity index (χ1v) is 24.8. The summed E-state index contributed by atoms with van der Waals surface area (Å²) in [5, 5.41) is 0.433. The Hall–Kier alpha value is -4.26. The SMILES string of the molecule is CCCCCCN1/C(=C/C=C2\CCCC(/C=C/C3=[N+](CCCCCC(=O)ON(C=O)C(C)=O)c4cc[c-]cc4C3(C)C)=C2Oc2cc[c-]cc2)C(C)(C)c2cc(C)ccc21.O=S(=O)=O.O=S(=O)=O.[Na+].[Na+]. The monoisotopic (exact) mass is 1010 g/mol. The Balaban J connectivity index is 0.00000156. The van der Waals surface area contributed by atoms with E-state index >= 15 is 0 Å². The quantitative estimate of drug-likeness (QED) is 0.0482. The first-order valence-electron chi connectivity index (χ1n) is 22.8. The molecule has 0 N–H and O–H groups in total. The maximum absolute atomic E-state index is 12.3. The second-order valence-electron chi connectivity index (χ2n) is 17.7. The van der Waals surface area contributed by atoms with Crippen molar-refractivity contribution in [1.82, 2.24) is 5.06 Å². The molecule has 2 aliphatic heterocycles. The molecule has 0 saturated carbocycles. The van der Waals surface area contributed by atoms with Gasteiger partial charge in [-0.05, 0) is 80.4 Å². The summed E-state index contributed by atoms with van der Waals surface area (Å²) in [6.45, 7) is 16.6. The van der Waals surface area contributed by atoms with Crippen molar-refractivity contribution in [2.45, 2.75) is 130 Å². The van der Waals surface area contributed by atoms with Gasteiger partial charge in [0.2, 0.25) is 0 Å². The van der Waals surface area contributed by atoms with Crippen LogP contribution in [0.5, 0.6) is 5.75 Å². The van der Waals surface area contributed by atoms with Crippen LogP contribution in [0.4, 0.5) is 11.4 Å². The van der Waals surface area contributed by atoms with Gasteiger partial charge in [-0.3, -0.25) is 9.59 Å². The van der Waals surface area contributed by atoms with Gasteiger partial charge in [0.25, 0.3) is 12.3 Å². The van der Waals surface area contributed by atoms with Crippen molar-refractivity contribution in [3.8, 4) is 5.75 Å². The summed E-state index contributed by atoms with van der Waals surface area (Å²) in [6.07, 6.45) is 19.5. The van der Waals surface area contributed by atoms with Crippen LogP contribution in [0.15, 0.2) is 108 Å². The van der Waals surface area contributed by atoms with E-state index in [4.69, 9.17) is 34.8 Å².